The zero-order chi connectivity index (χ0) is 12.1. The number of primary amides is 1. The summed E-state index contributed by atoms with van der Waals surface area (Å²) in [5.74, 6) is 0.158. The van der Waals surface area contributed by atoms with Crippen molar-refractivity contribution in [3.8, 4) is 5.75 Å². The molecule has 88 valence electrons. The van der Waals surface area contributed by atoms with Crippen molar-refractivity contribution in [1.29, 1.82) is 0 Å². The number of nitrogens with zero attached hydrogens (tertiary/aromatic N) is 2. The predicted octanol–water partition coefficient (Wildman–Crippen LogP) is 0.795. The van der Waals surface area contributed by atoms with Crippen molar-refractivity contribution in [3.05, 3.63) is 48.5 Å². The summed E-state index contributed by atoms with van der Waals surface area (Å²) in [6, 6.07) is 7.51. The van der Waals surface area contributed by atoms with E-state index in [0.717, 1.165) is 12.1 Å². The van der Waals surface area contributed by atoms with E-state index in [1.54, 1.807) is 12.5 Å². The fraction of sp³-hybridized carbons (Fsp3) is 0.167. The number of aromatic nitrogens is 2. The fourth-order valence-corrected chi connectivity index (χ4v) is 1.44. The molecule has 5 nitrogen and oxygen atoms in total. The molecule has 0 aliphatic carbocycles. The number of benzene rings is 1. The van der Waals surface area contributed by atoms with Crippen molar-refractivity contribution >= 4 is 5.91 Å². The van der Waals surface area contributed by atoms with Crippen LogP contribution in [0.3, 0.4) is 0 Å². The Balaban J connectivity index is 1.95. The number of hydrogen-bond donors (Lipinski definition) is 1. The first-order chi connectivity index (χ1) is 8.24. The van der Waals surface area contributed by atoms with Crippen molar-refractivity contribution in [2.24, 2.45) is 5.73 Å². The van der Waals surface area contributed by atoms with E-state index in [0.29, 0.717) is 5.75 Å². The van der Waals surface area contributed by atoms with Crippen molar-refractivity contribution in [2.75, 3.05) is 6.61 Å². The molecule has 2 rings (SSSR count). The summed E-state index contributed by atoms with van der Waals surface area (Å²) < 4.78 is 7.14. The van der Waals surface area contributed by atoms with Gasteiger partial charge in [-0.15, -0.1) is 0 Å². The molecule has 1 aromatic carbocycles. The van der Waals surface area contributed by atoms with E-state index in [1.807, 2.05) is 35.0 Å². The van der Waals surface area contributed by atoms with E-state index in [2.05, 4.69) is 4.98 Å². The molecule has 0 aliphatic rings. The van der Waals surface area contributed by atoms with Crippen LogP contribution < -0.4 is 10.5 Å². The molecule has 1 aromatic heterocycles. The summed E-state index contributed by atoms with van der Waals surface area (Å²) in [6.07, 6.45) is 5.40. The van der Waals surface area contributed by atoms with Crippen LogP contribution in [0.2, 0.25) is 0 Å². The lowest BCUT2D eigenvalue weighted by Gasteiger charge is -2.05. The molecule has 1 heterocycles. The number of imidazole rings is 1. The summed E-state index contributed by atoms with van der Waals surface area (Å²) in [4.78, 5) is 14.5. The van der Waals surface area contributed by atoms with Gasteiger partial charge in [0, 0.05) is 18.9 Å². The molecule has 2 aromatic rings. The van der Waals surface area contributed by atoms with Crippen molar-refractivity contribution in [3.63, 3.8) is 0 Å². The van der Waals surface area contributed by atoms with E-state index in [4.69, 9.17) is 10.5 Å². The van der Waals surface area contributed by atoms with Gasteiger partial charge in [0.2, 0.25) is 0 Å². The highest BCUT2D eigenvalue weighted by molar-refractivity contribution is 5.75. The van der Waals surface area contributed by atoms with E-state index in [-0.39, 0.29) is 6.61 Å². The number of nitrogens with two attached hydrogens (primary N) is 1. The van der Waals surface area contributed by atoms with Gasteiger partial charge in [-0.2, -0.15) is 0 Å². The van der Waals surface area contributed by atoms with Gasteiger partial charge in [-0.3, -0.25) is 4.79 Å². The molecule has 17 heavy (non-hydrogen) atoms. The minimum absolute atomic E-state index is 0.0964. The fourth-order valence-electron chi connectivity index (χ4n) is 1.44. The maximum Gasteiger partial charge on any atom is 0.255 e. The summed E-state index contributed by atoms with van der Waals surface area (Å²) in [7, 11) is 0. The molecule has 0 aliphatic heterocycles. The second-order valence-electron chi connectivity index (χ2n) is 3.63. The lowest BCUT2D eigenvalue weighted by molar-refractivity contribution is -0.119. The summed E-state index contributed by atoms with van der Waals surface area (Å²) in [5.41, 5.74) is 6.12. The highest BCUT2D eigenvalue weighted by atomic mass is 16.5. The largest absolute Gasteiger partial charge is 0.484 e. The average molecular weight is 231 g/mol. The third-order valence-electron chi connectivity index (χ3n) is 2.23. The van der Waals surface area contributed by atoms with Gasteiger partial charge in [-0.05, 0) is 17.7 Å². The summed E-state index contributed by atoms with van der Waals surface area (Å²) in [6.45, 7) is 0.664. The van der Waals surface area contributed by atoms with Gasteiger partial charge in [-0.1, -0.05) is 12.1 Å². The van der Waals surface area contributed by atoms with Gasteiger partial charge in [-0.25, -0.2) is 4.98 Å². The van der Waals surface area contributed by atoms with Crippen molar-refractivity contribution < 1.29 is 9.53 Å². The molecular weight excluding hydrogens is 218 g/mol. The topological polar surface area (TPSA) is 70.1 Å². The maximum absolute atomic E-state index is 10.5. The third-order valence-corrected chi connectivity index (χ3v) is 2.23. The monoisotopic (exact) mass is 231 g/mol. The average Bonchev–Trinajstić information content (AvgIpc) is 2.81. The standard InChI is InChI=1S/C12H13N3O2/c13-12(16)8-17-11-3-1-10(2-4-11)7-15-6-5-14-9-15/h1-6,9H,7-8H2,(H2,13,16). The van der Waals surface area contributed by atoms with Gasteiger partial charge >= 0.3 is 0 Å². The molecule has 0 saturated heterocycles. The van der Waals surface area contributed by atoms with Crippen LogP contribution in [0, 0.1) is 0 Å². The van der Waals surface area contributed by atoms with Gasteiger partial charge in [0.25, 0.3) is 5.91 Å². The van der Waals surface area contributed by atoms with Crippen LogP contribution in [0.15, 0.2) is 43.0 Å². The van der Waals surface area contributed by atoms with Crippen LogP contribution in [0.25, 0.3) is 0 Å². The van der Waals surface area contributed by atoms with E-state index in [9.17, 15) is 4.79 Å². The molecule has 0 bridgehead atoms. The second kappa shape index (κ2) is 5.16. The Hall–Kier alpha value is -2.30. The SMILES string of the molecule is NC(=O)COc1ccc(Cn2ccnc2)cc1. The van der Waals surface area contributed by atoms with Crippen LogP contribution in [-0.2, 0) is 11.3 Å². The second-order valence-corrected chi connectivity index (χ2v) is 3.63. The van der Waals surface area contributed by atoms with Crippen molar-refractivity contribution in [1.82, 2.24) is 9.55 Å². The molecule has 1 amide bonds. The third kappa shape index (κ3) is 3.34. The van der Waals surface area contributed by atoms with Crippen LogP contribution in [0.1, 0.15) is 5.56 Å². The van der Waals surface area contributed by atoms with Crippen LogP contribution in [0.5, 0.6) is 5.75 Å². The van der Waals surface area contributed by atoms with Gasteiger partial charge in [0.15, 0.2) is 6.61 Å². The van der Waals surface area contributed by atoms with Gasteiger partial charge in [0.1, 0.15) is 5.75 Å². The first kappa shape index (κ1) is 11.2. The number of carbonyl (C=O) groups excluding carboxylic acids is 1. The predicted molar refractivity (Wildman–Crippen MR) is 62.5 cm³/mol. The highest BCUT2D eigenvalue weighted by Gasteiger charge is 1.98. The smallest absolute Gasteiger partial charge is 0.255 e. The number of carbonyl (C=O) groups is 1. The normalized spacial score (nSPS) is 10.1. The minimum atomic E-state index is -0.479. The summed E-state index contributed by atoms with van der Waals surface area (Å²) >= 11 is 0. The first-order valence-electron chi connectivity index (χ1n) is 5.20. The minimum Gasteiger partial charge on any atom is -0.484 e. The number of amides is 1. The van der Waals surface area contributed by atoms with Gasteiger partial charge < -0.3 is 15.0 Å². The van der Waals surface area contributed by atoms with Gasteiger partial charge in [0.05, 0.1) is 6.33 Å². The lowest BCUT2D eigenvalue weighted by atomic mass is 10.2. The molecular formula is C12H13N3O2. The zero-order valence-electron chi connectivity index (χ0n) is 9.24. The maximum atomic E-state index is 10.5. The molecule has 0 unspecified atom stereocenters. The number of ether oxygens (including phenoxy) is 1. The number of rotatable bonds is 5. The molecule has 5 heteroatoms. The molecule has 0 spiro atoms. The molecule has 0 saturated carbocycles. The van der Waals surface area contributed by atoms with E-state index >= 15 is 0 Å². The van der Waals surface area contributed by atoms with E-state index in [1.165, 1.54) is 0 Å². The van der Waals surface area contributed by atoms with Crippen molar-refractivity contribution in [2.45, 2.75) is 6.54 Å². The Labute approximate surface area is 98.8 Å². The molecule has 2 N–H and O–H groups in total. The Morgan fingerprint density at radius 1 is 1.35 bits per heavy atom. The van der Waals surface area contributed by atoms with Crippen LogP contribution in [0.4, 0.5) is 0 Å². The molecule has 0 radical (unpaired) electrons. The van der Waals surface area contributed by atoms with E-state index < -0.39 is 5.91 Å². The lowest BCUT2D eigenvalue weighted by Crippen LogP contribution is -2.19. The Morgan fingerprint density at radius 3 is 2.71 bits per heavy atom. The Morgan fingerprint density at radius 2 is 2.12 bits per heavy atom. The van der Waals surface area contributed by atoms with Crippen LogP contribution in [-0.4, -0.2) is 22.1 Å². The quantitative estimate of drug-likeness (QED) is 0.827. The Bertz CT molecular complexity index is 477. The number of hydrogen-bond acceptors (Lipinski definition) is 3. The molecule has 0 atom stereocenters. The summed E-state index contributed by atoms with van der Waals surface area (Å²) in [5, 5.41) is 0. The Kier molecular flexibility index (Phi) is 3.40. The zero-order valence-corrected chi connectivity index (χ0v) is 9.24. The van der Waals surface area contributed by atoms with Crippen LogP contribution >= 0.6 is 0 Å². The first-order valence-corrected chi connectivity index (χ1v) is 5.20. The molecule has 0 fully saturated rings. The highest BCUT2D eigenvalue weighted by Crippen LogP contribution is 2.12.